The van der Waals surface area contributed by atoms with Gasteiger partial charge in [0.2, 0.25) is 0 Å². The van der Waals surface area contributed by atoms with Crippen LogP contribution in [0.3, 0.4) is 0 Å². The zero-order chi connectivity index (χ0) is 12.5. The van der Waals surface area contributed by atoms with Gasteiger partial charge in [0.05, 0.1) is 0 Å². The number of piperidine rings is 2. The molecule has 2 atom stereocenters. The molecular weight excluding hydrogens is 210 g/mol. The lowest BCUT2D eigenvalue weighted by Crippen LogP contribution is -2.51. The predicted molar refractivity (Wildman–Crippen MR) is 73.1 cm³/mol. The van der Waals surface area contributed by atoms with E-state index in [-0.39, 0.29) is 0 Å². The van der Waals surface area contributed by atoms with Crippen LogP contribution in [0.15, 0.2) is 0 Å². The van der Waals surface area contributed by atoms with Crippen molar-refractivity contribution in [2.24, 2.45) is 11.1 Å². The Kier molecular flexibility index (Phi) is 4.11. The molecule has 2 fully saturated rings. The zero-order valence-electron chi connectivity index (χ0n) is 11.8. The fourth-order valence-electron chi connectivity index (χ4n) is 3.30. The first-order chi connectivity index (χ1) is 7.98. The molecule has 2 unspecified atom stereocenters. The Balaban J connectivity index is 1.87. The molecule has 100 valence electrons. The van der Waals surface area contributed by atoms with Gasteiger partial charge in [0.25, 0.3) is 0 Å². The molecule has 2 heterocycles. The number of rotatable bonds is 2. The largest absolute Gasteiger partial charge is 0.328 e. The van der Waals surface area contributed by atoms with Gasteiger partial charge in [0.15, 0.2) is 0 Å². The van der Waals surface area contributed by atoms with E-state index in [0.29, 0.717) is 17.5 Å². The normalized spacial score (nSPS) is 36.0. The van der Waals surface area contributed by atoms with E-state index in [0.717, 1.165) is 0 Å². The van der Waals surface area contributed by atoms with Crippen LogP contribution in [0.25, 0.3) is 0 Å². The summed E-state index contributed by atoms with van der Waals surface area (Å²) < 4.78 is 0. The van der Waals surface area contributed by atoms with Gasteiger partial charge in [-0.3, -0.25) is 0 Å². The summed E-state index contributed by atoms with van der Waals surface area (Å²) in [5.74, 6) is 0. The highest BCUT2D eigenvalue weighted by Crippen LogP contribution is 2.33. The minimum Gasteiger partial charge on any atom is -0.328 e. The van der Waals surface area contributed by atoms with Crippen LogP contribution in [0, 0.1) is 5.41 Å². The third kappa shape index (κ3) is 3.43. The summed E-state index contributed by atoms with van der Waals surface area (Å²) in [6, 6.07) is 1.11. The quantitative estimate of drug-likeness (QED) is 0.793. The lowest BCUT2D eigenvalue weighted by Gasteiger charge is -2.45. The molecule has 0 saturated carbocycles. The topological polar surface area (TPSA) is 32.5 Å². The fraction of sp³-hybridized carbons (Fsp3) is 1.00. The number of nitrogens with zero attached hydrogens (tertiary/aromatic N) is 2. The second-order valence-electron chi connectivity index (χ2n) is 6.72. The first-order valence-electron chi connectivity index (χ1n) is 7.17. The van der Waals surface area contributed by atoms with Gasteiger partial charge >= 0.3 is 0 Å². The van der Waals surface area contributed by atoms with E-state index in [4.69, 9.17) is 5.73 Å². The van der Waals surface area contributed by atoms with E-state index in [1.54, 1.807) is 0 Å². The minimum absolute atomic E-state index is 0.437. The van der Waals surface area contributed by atoms with Crippen LogP contribution in [-0.2, 0) is 0 Å². The average molecular weight is 239 g/mol. The van der Waals surface area contributed by atoms with E-state index in [9.17, 15) is 0 Å². The average Bonchev–Trinajstić information content (AvgIpc) is 2.27. The molecule has 3 heteroatoms. The Morgan fingerprint density at radius 2 is 1.88 bits per heavy atom. The van der Waals surface area contributed by atoms with E-state index in [1.807, 2.05) is 0 Å². The smallest absolute Gasteiger partial charge is 0.00819 e. The standard InChI is InChI=1S/C14H29N3/c1-12-10-13(15)4-7-17(12)11-14(2)5-8-16(3)9-6-14/h12-13H,4-11,15H2,1-3H3. The molecule has 0 amide bonds. The molecule has 0 radical (unpaired) electrons. The van der Waals surface area contributed by atoms with Gasteiger partial charge < -0.3 is 15.5 Å². The lowest BCUT2D eigenvalue weighted by atomic mass is 9.79. The Bertz CT molecular complexity index is 246. The first kappa shape index (κ1) is 13.3. The molecule has 0 aromatic rings. The SMILES string of the molecule is CC1CC(N)CCN1CC1(C)CCN(C)CC1. The minimum atomic E-state index is 0.437. The summed E-state index contributed by atoms with van der Waals surface area (Å²) in [5.41, 5.74) is 6.57. The molecular formula is C14H29N3. The van der Waals surface area contributed by atoms with E-state index >= 15 is 0 Å². The molecule has 0 aromatic carbocycles. The van der Waals surface area contributed by atoms with Gasteiger partial charge in [-0.2, -0.15) is 0 Å². The van der Waals surface area contributed by atoms with Gasteiger partial charge in [0.1, 0.15) is 0 Å². The van der Waals surface area contributed by atoms with Crippen LogP contribution in [0.1, 0.15) is 39.5 Å². The van der Waals surface area contributed by atoms with Crippen molar-refractivity contribution in [2.45, 2.75) is 51.6 Å². The molecule has 2 N–H and O–H groups in total. The molecule has 17 heavy (non-hydrogen) atoms. The highest BCUT2D eigenvalue weighted by Gasteiger charge is 2.33. The fourth-order valence-corrected chi connectivity index (χ4v) is 3.30. The van der Waals surface area contributed by atoms with Crippen molar-refractivity contribution < 1.29 is 0 Å². The van der Waals surface area contributed by atoms with Gasteiger partial charge in [-0.15, -0.1) is 0 Å². The maximum atomic E-state index is 6.04. The van der Waals surface area contributed by atoms with Crippen molar-refractivity contribution in [2.75, 3.05) is 33.2 Å². The van der Waals surface area contributed by atoms with E-state index in [1.165, 1.54) is 51.9 Å². The van der Waals surface area contributed by atoms with Crippen molar-refractivity contribution in [3.05, 3.63) is 0 Å². The molecule has 3 nitrogen and oxygen atoms in total. The van der Waals surface area contributed by atoms with Crippen LogP contribution >= 0.6 is 0 Å². The van der Waals surface area contributed by atoms with E-state index < -0.39 is 0 Å². The van der Waals surface area contributed by atoms with Crippen molar-refractivity contribution in [3.63, 3.8) is 0 Å². The molecule has 0 aromatic heterocycles. The van der Waals surface area contributed by atoms with Crippen molar-refractivity contribution in [1.82, 2.24) is 9.80 Å². The molecule has 0 spiro atoms. The third-order valence-electron chi connectivity index (χ3n) is 4.83. The number of hydrogen-bond donors (Lipinski definition) is 1. The van der Waals surface area contributed by atoms with Crippen molar-refractivity contribution in [3.8, 4) is 0 Å². The Labute approximate surface area is 106 Å². The third-order valence-corrected chi connectivity index (χ3v) is 4.83. The van der Waals surface area contributed by atoms with Crippen LogP contribution < -0.4 is 5.73 Å². The maximum absolute atomic E-state index is 6.04. The number of nitrogens with two attached hydrogens (primary N) is 1. The molecule has 0 aliphatic carbocycles. The van der Waals surface area contributed by atoms with Crippen molar-refractivity contribution in [1.29, 1.82) is 0 Å². The van der Waals surface area contributed by atoms with Gasteiger partial charge in [0, 0.05) is 18.6 Å². The number of hydrogen-bond acceptors (Lipinski definition) is 3. The lowest BCUT2D eigenvalue weighted by molar-refractivity contribution is 0.0497. The van der Waals surface area contributed by atoms with Crippen LogP contribution in [0.4, 0.5) is 0 Å². The molecule has 2 rings (SSSR count). The Hall–Kier alpha value is -0.120. The van der Waals surface area contributed by atoms with Gasteiger partial charge in [-0.25, -0.2) is 0 Å². The maximum Gasteiger partial charge on any atom is 0.00819 e. The van der Waals surface area contributed by atoms with Crippen LogP contribution in [0.5, 0.6) is 0 Å². The van der Waals surface area contributed by atoms with Crippen LogP contribution in [-0.4, -0.2) is 55.1 Å². The second-order valence-corrected chi connectivity index (χ2v) is 6.72. The molecule has 2 aliphatic rings. The first-order valence-corrected chi connectivity index (χ1v) is 7.17. The Morgan fingerprint density at radius 1 is 1.24 bits per heavy atom. The van der Waals surface area contributed by atoms with Crippen LogP contribution in [0.2, 0.25) is 0 Å². The van der Waals surface area contributed by atoms with E-state index in [2.05, 4.69) is 30.7 Å². The summed E-state index contributed by atoms with van der Waals surface area (Å²) in [5, 5.41) is 0. The molecule has 2 aliphatic heterocycles. The summed E-state index contributed by atoms with van der Waals surface area (Å²) >= 11 is 0. The summed E-state index contributed by atoms with van der Waals surface area (Å²) in [6.07, 6.45) is 5.05. The zero-order valence-corrected chi connectivity index (χ0v) is 11.8. The van der Waals surface area contributed by atoms with Crippen molar-refractivity contribution >= 4 is 0 Å². The number of likely N-dealkylation sites (tertiary alicyclic amines) is 2. The highest BCUT2D eigenvalue weighted by molar-refractivity contribution is 4.88. The summed E-state index contributed by atoms with van der Waals surface area (Å²) in [6.45, 7) is 9.82. The second kappa shape index (κ2) is 5.25. The van der Waals surface area contributed by atoms with Gasteiger partial charge in [-0.1, -0.05) is 6.92 Å². The van der Waals surface area contributed by atoms with Gasteiger partial charge in [-0.05, 0) is 64.7 Å². The summed E-state index contributed by atoms with van der Waals surface area (Å²) in [4.78, 5) is 5.13. The molecule has 0 bridgehead atoms. The predicted octanol–water partition coefficient (Wildman–Crippen LogP) is 1.53. The highest BCUT2D eigenvalue weighted by atomic mass is 15.2. The Morgan fingerprint density at radius 3 is 2.47 bits per heavy atom. The summed E-state index contributed by atoms with van der Waals surface area (Å²) in [7, 11) is 2.24. The monoisotopic (exact) mass is 239 g/mol. The molecule has 2 saturated heterocycles.